The molecule has 150 valence electrons. The molecule has 27 heavy (non-hydrogen) atoms. The zero-order valence-electron chi connectivity index (χ0n) is 16.6. The molecule has 1 aromatic rings. The number of carbonyl (C=O) groups excluding carboxylic acids is 1. The van der Waals surface area contributed by atoms with Gasteiger partial charge >= 0.3 is 0 Å². The van der Waals surface area contributed by atoms with Gasteiger partial charge in [-0.15, -0.1) is 0 Å². The predicted octanol–water partition coefficient (Wildman–Crippen LogP) is 2.78. The predicted molar refractivity (Wildman–Crippen MR) is 109 cm³/mol. The molecule has 3 N–H and O–H groups in total. The quantitative estimate of drug-likeness (QED) is 0.351. The number of hydrogen-bond acceptors (Lipinski definition) is 4. The summed E-state index contributed by atoms with van der Waals surface area (Å²) in [6.45, 7) is 3.69. The number of nitrogens with one attached hydrogen (secondary N) is 3. The Morgan fingerprint density at radius 3 is 2.59 bits per heavy atom. The summed E-state index contributed by atoms with van der Waals surface area (Å²) in [5, 5.41) is 9.38. The molecular weight excluding hydrogens is 344 g/mol. The summed E-state index contributed by atoms with van der Waals surface area (Å²) in [5.41, 5.74) is 0.841. The van der Waals surface area contributed by atoms with Crippen molar-refractivity contribution in [2.24, 2.45) is 10.9 Å². The summed E-state index contributed by atoms with van der Waals surface area (Å²) < 4.78 is 10.9. The van der Waals surface area contributed by atoms with Crippen molar-refractivity contribution in [1.82, 2.24) is 10.6 Å². The van der Waals surface area contributed by atoms with Crippen LogP contribution in [0.3, 0.4) is 0 Å². The molecule has 7 heteroatoms. The van der Waals surface area contributed by atoms with E-state index < -0.39 is 0 Å². The van der Waals surface area contributed by atoms with Gasteiger partial charge in [-0.3, -0.25) is 9.79 Å². The molecule has 2 rings (SSSR count). The molecule has 0 atom stereocenters. The number of guanidine groups is 1. The average Bonchev–Trinajstić information content (AvgIpc) is 3.18. The second kappa shape index (κ2) is 11.3. The van der Waals surface area contributed by atoms with Gasteiger partial charge in [0.1, 0.15) is 0 Å². The van der Waals surface area contributed by atoms with Crippen LogP contribution in [-0.4, -0.2) is 45.7 Å². The summed E-state index contributed by atoms with van der Waals surface area (Å²) >= 11 is 0. The van der Waals surface area contributed by atoms with Gasteiger partial charge in [0, 0.05) is 38.3 Å². The molecule has 1 amide bonds. The lowest BCUT2D eigenvalue weighted by atomic mass is 10.0. The van der Waals surface area contributed by atoms with Crippen molar-refractivity contribution < 1.29 is 14.3 Å². The summed E-state index contributed by atoms with van der Waals surface area (Å²) in [4.78, 5) is 16.2. The molecular formula is C20H32N4O3. The maximum absolute atomic E-state index is 11.9. The first-order valence-electron chi connectivity index (χ1n) is 9.71. The molecule has 0 spiro atoms. The van der Waals surface area contributed by atoms with E-state index in [2.05, 4.69) is 20.9 Å². The third kappa shape index (κ3) is 7.00. The Kier molecular flexibility index (Phi) is 8.74. The number of aliphatic imine (C=N–C) groups is 1. The largest absolute Gasteiger partial charge is 0.493 e. The van der Waals surface area contributed by atoms with E-state index in [0.29, 0.717) is 49.5 Å². The van der Waals surface area contributed by atoms with E-state index in [1.807, 2.05) is 25.1 Å². The zero-order chi connectivity index (χ0) is 19.5. The van der Waals surface area contributed by atoms with E-state index in [9.17, 15) is 4.79 Å². The standard InChI is InChI=1S/C20H32N4O3/c1-4-27-17-10-9-16(14-18(17)26-3)24-20(21-2)23-12-11-22-19(25)13-15-7-5-6-8-15/h9-10,14-15H,4-8,11-13H2,1-3H3,(H,22,25)(H2,21,23,24). The van der Waals surface area contributed by atoms with Gasteiger partial charge in [0.25, 0.3) is 0 Å². The number of anilines is 1. The highest BCUT2D eigenvalue weighted by molar-refractivity contribution is 5.93. The molecule has 0 aliphatic heterocycles. The zero-order valence-corrected chi connectivity index (χ0v) is 16.6. The molecule has 7 nitrogen and oxygen atoms in total. The molecule has 0 heterocycles. The average molecular weight is 377 g/mol. The van der Waals surface area contributed by atoms with E-state index in [0.717, 1.165) is 5.69 Å². The minimum absolute atomic E-state index is 0.142. The smallest absolute Gasteiger partial charge is 0.220 e. The third-order valence-electron chi connectivity index (χ3n) is 4.64. The summed E-state index contributed by atoms with van der Waals surface area (Å²) in [6.07, 6.45) is 5.55. The Balaban J connectivity index is 1.74. The van der Waals surface area contributed by atoms with Gasteiger partial charge in [0.05, 0.1) is 13.7 Å². The molecule has 1 aromatic carbocycles. The van der Waals surface area contributed by atoms with Crippen molar-refractivity contribution in [2.75, 3.05) is 39.2 Å². The number of amides is 1. The fraction of sp³-hybridized carbons (Fsp3) is 0.600. The van der Waals surface area contributed by atoms with Gasteiger partial charge in [0.2, 0.25) is 5.91 Å². The topological polar surface area (TPSA) is 84.0 Å². The lowest BCUT2D eigenvalue weighted by Crippen LogP contribution is -2.38. The number of benzene rings is 1. The van der Waals surface area contributed by atoms with Crippen molar-refractivity contribution >= 4 is 17.6 Å². The molecule has 1 saturated carbocycles. The lowest BCUT2D eigenvalue weighted by Gasteiger charge is -2.15. The van der Waals surface area contributed by atoms with Crippen LogP contribution >= 0.6 is 0 Å². The number of carbonyl (C=O) groups is 1. The van der Waals surface area contributed by atoms with Crippen molar-refractivity contribution in [2.45, 2.75) is 39.0 Å². The van der Waals surface area contributed by atoms with E-state index in [1.54, 1.807) is 14.2 Å². The molecule has 1 aliphatic carbocycles. The highest BCUT2D eigenvalue weighted by Gasteiger charge is 2.17. The summed E-state index contributed by atoms with van der Waals surface area (Å²) in [6, 6.07) is 5.63. The van der Waals surface area contributed by atoms with Gasteiger partial charge in [0.15, 0.2) is 17.5 Å². The molecule has 1 fully saturated rings. The van der Waals surface area contributed by atoms with E-state index in [4.69, 9.17) is 9.47 Å². The third-order valence-corrected chi connectivity index (χ3v) is 4.64. The van der Waals surface area contributed by atoms with Crippen LogP contribution in [-0.2, 0) is 4.79 Å². The number of hydrogen-bond donors (Lipinski definition) is 3. The first-order valence-corrected chi connectivity index (χ1v) is 9.71. The molecule has 0 unspecified atom stereocenters. The molecule has 0 aromatic heterocycles. The minimum atomic E-state index is 0.142. The minimum Gasteiger partial charge on any atom is -0.493 e. The van der Waals surface area contributed by atoms with Crippen LogP contribution < -0.4 is 25.4 Å². The maximum Gasteiger partial charge on any atom is 0.220 e. The normalized spacial score (nSPS) is 14.7. The van der Waals surface area contributed by atoms with Crippen LogP contribution in [0.15, 0.2) is 23.2 Å². The SMILES string of the molecule is CCOc1ccc(NC(=NC)NCCNC(=O)CC2CCCC2)cc1OC. The van der Waals surface area contributed by atoms with E-state index >= 15 is 0 Å². The van der Waals surface area contributed by atoms with Gasteiger partial charge in [-0.25, -0.2) is 0 Å². The Labute approximate surface area is 161 Å². The Hall–Kier alpha value is -2.44. The Morgan fingerprint density at radius 2 is 1.93 bits per heavy atom. The van der Waals surface area contributed by atoms with Gasteiger partial charge in [-0.1, -0.05) is 12.8 Å². The number of nitrogens with zero attached hydrogens (tertiary/aromatic N) is 1. The van der Waals surface area contributed by atoms with Crippen LogP contribution in [0.25, 0.3) is 0 Å². The monoisotopic (exact) mass is 376 g/mol. The van der Waals surface area contributed by atoms with Crippen molar-refractivity contribution in [3.05, 3.63) is 18.2 Å². The summed E-state index contributed by atoms with van der Waals surface area (Å²) in [5.74, 6) is 2.71. The first kappa shape index (κ1) is 20.9. The van der Waals surface area contributed by atoms with Crippen LogP contribution in [0.5, 0.6) is 11.5 Å². The number of ether oxygens (including phenoxy) is 2. The van der Waals surface area contributed by atoms with Crippen LogP contribution in [0.2, 0.25) is 0 Å². The number of rotatable bonds is 9. The Morgan fingerprint density at radius 1 is 1.19 bits per heavy atom. The molecule has 0 bridgehead atoms. The highest BCUT2D eigenvalue weighted by Crippen LogP contribution is 2.30. The lowest BCUT2D eigenvalue weighted by molar-refractivity contribution is -0.121. The van der Waals surface area contributed by atoms with Crippen LogP contribution in [0.1, 0.15) is 39.0 Å². The Bertz CT molecular complexity index is 628. The van der Waals surface area contributed by atoms with Crippen molar-refractivity contribution in [1.29, 1.82) is 0 Å². The maximum atomic E-state index is 11.9. The molecule has 0 radical (unpaired) electrons. The van der Waals surface area contributed by atoms with Gasteiger partial charge < -0.3 is 25.4 Å². The fourth-order valence-corrected chi connectivity index (χ4v) is 3.27. The van der Waals surface area contributed by atoms with E-state index in [1.165, 1.54) is 25.7 Å². The summed E-state index contributed by atoms with van der Waals surface area (Å²) in [7, 11) is 3.32. The molecule has 0 saturated heterocycles. The highest BCUT2D eigenvalue weighted by atomic mass is 16.5. The van der Waals surface area contributed by atoms with Crippen LogP contribution in [0, 0.1) is 5.92 Å². The second-order valence-corrected chi connectivity index (χ2v) is 6.63. The van der Waals surface area contributed by atoms with Crippen molar-refractivity contribution in [3.63, 3.8) is 0 Å². The first-order chi connectivity index (χ1) is 13.2. The van der Waals surface area contributed by atoms with Gasteiger partial charge in [-0.05, 0) is 37.8 Å². The van der Waals surface area contributed by atoms with Crippen LogP contribution in [0.4, 0.5) is 5.69 Å². The van der Waals surface area contributed by atoms with E-state index in [-0.39, 0.29) is 5.91 Å². The van der Waals surface area contributed by atoms with Crippen molar-refractivity contribution in [3.8, 4) is 11.5 Å². The number of methoxy groups -OCH3 is 1. The van der Waals surface area contributed by atoms with Gasteiger partial charge in [-0.2, -0.15) is 0 Å². The molecule has 1 aliphatic rings. The second-order valence-electron chi connectivity index (χ2n) is 6.63. The fourth-order valence-electron chi connectivity index (χ4n) is 3.27.